The number of carbonyl (C=O) groups excluding carboxylic acids is 1. The van der Waals surface area contributed by atoms with Crippen molar-refractivity contribution < 1.29 is 9.72 Å². The number of aromatic nitrogens is 1. The molecule has 0 aromatic carbocycles. The Morgan fingerprint density at radius 2 is 2.24 bits per heavy atom. The number of carbonyl (C=O) groups is 1. The van der Waals surface area contributed by atoms with Crippen molar-refractivity contribution in [2.24, 2.45) is 5.92 Å². The smallest absolute Gasteiger partial charge is 0.288 e. The van der Waals surface area contributed by atoms with E-state index in [1.54, 1.807) is 0 Å². The van der Waals surface area contributed by atoms with Gasteiger partial charge in [0.2, 0.25) is 0 Å². The zero-order chi connectivity index (χ0) is 13.0. The fraction of sp³-hybridized carbons (Fsp3) is 0.455. The molecule has 17 heavy (non-hydrogen) atoms. The van der Waals surface area contributed by atoms with E-state index < -0.39 is 4.92 Å². The van der Waals surface area contributed by atoms with Gasteiger partial charge in [-0.05, 0) is 21.8 Å². The molecule has 0 aliphatic rings. The Balaban J connectivity index is 2.79. The van der Waals surface area contributed by atoms with Crippen LogP contribution in [0.4, 0.5) is 5.69 Å². The number of pyridine rings is 1. The van der Waals surface area contributed by atoms with E-state index in [0.29, 0.717) is 22.5 Å². The number of nitro groups is 1. The zero-order valence-corrected chi connectivity index (χ0v) is 11.2. The molecule has 0 N–H and O–H groups in total. The number of nitrogens with zero attached hydrogens (tertiary/aromatic N) is 2. The van der Waals surface area contributed by atoms with Crippen LogP contribution in [-0.2, 0) is 11.2 Å². The Kier molecular flexibility index (Phi) is 4.74. The second-order valence-electron chi connectivity index (χ2n) is 4.19. The number of hydrogen-bond acceptors (Lipinski definition) is 4. The van der Waals surface area contributed by atoms with Gasteiger partial charge in [-0.25, -0.2) is 0 Å². The van der Waals surface area contributed by atoms with Crippen molar-refractivity contribution in [3.05, 3.63) is 32.5 Å². The second-order valence-corrected chi connectivity index (χ2v) is 5.05. The summed E-state index contributed by atoms with van der Waals surface area (Å²) in [6.07, 6.45) is 1.87. The molecule has 0 bridgehead atoms. The third-order valence-electron chi connectivity index (χ3n) is 2.11. The third kappa shape index (κ3) is 4.22. The van der Waals surface area contributed by atoms with Gasteiger partial charge in [0.05, 0.1) is 10.6 Å². The van der Waals surface area contributed by atoms with Crippen molar-refractivity contribution in [2.75, 3.05) is 0 Å². The summed E-state index contributed by atoms with van der Waals surface area (Å²) in [5, 5.41) is 10.5. The molecule has 1 rings (SSSR count). The Labute approximate surface area is 108 Å². The van der Waals surface area contributed by atoms with Crippen LogP contribution in [0.25, 0.3) is 0 Å². The number of Topliss-reactive ketones (excluding diaryl/α,β-unsaturated/α-hetero) is 1. The maximum absolute atomic E-state index is 11.6. The highest BCUT2D eigenvalue weighted by atomic mass is 79.9. The first-order valence-electron chi connectivity index (χ1n) is 5.20. The van der Waals surface area contributed by atoms with Crippen LogP contribution in [0.15, 0.2) is 16.7 Å². The molecule has 0 saturated heterocycles. The lowest BCUT2D eigenvalue weighted by atomic mass is 10.0. The van der Waals surface area contributed by atoms with Crippen LogP contribution in [0.5, 0.6) is 0 Å². The molecule has 92 valence electrons. The fourth-order valence-electron chi connectivity index (χ4n) is 1.40. The van der Waals surface area contributed by atoms with Gasteiger partial charge in [-0.3, -0.25) is 19.9 Å². The SMILES string of the molecule is CC(C)CC(=O)Cc1ncc([N+](=O)[O-])cc1Br. The van der Waals surface area contributed by atoms with Gasteiger partial charge in [-0.1, -0.05) is 13.8 Å². The molecular weight excluding hydrogens is 288 g/mol. The highest BCUT2D eigenvalue weighted by Gasteiger charge is 2.14. The van der Waals surface area contributed by atoms with Crippen molar-refractivity contribution in [1.82, 2.24) is 4.98 Å². The summed E-state index contributed by atoms with van der Waals surface area (Å²) < 4.78 is 0.504. The Morgan fingerprint density at radius 3 is 2.71 bits per heavy atom. The van der Waals surface area contributed by atoms with Crippen molar-refractivity contribution in [3.63, 3.8) is 0 Å². The summed E-state index contributed by atoms with van der Waals surface area (Å²) in [7, 11) is 0. The minimum atomic E-state index is -0.516. The standard InChI is InChI=1S/C11H13BrN2O3/c1-7(2)3-9(15)5-11-10(12)4-8(6-13-11)14(16)17/h4,6-7H,3,5H2,1-2H3. The number of hydrogen-bond donors (Lipinski definition) is 0. The molecule has 1 heterocycles. The normalized spacial score (nSPS) is 10.6. The molecule has 6 heteroatoms. The van der Waals surface area contributed by atoms with Crippen molar-refractivity contribution in [3.8, 4) is 0 Å². The molecule has 0 aliphatic heterocycles. The average Bonchev–Trinajstić information content (AvgIpc) is 2.19. The topological polar surface area (TPSA) is 73.1 Å². The molecule has 1 aromatic rings. The minimum Gasteiger partial charge on any atom is -0.299 e. The Morgan fingerprint density at radius 1 is 1.59 bits per heavy atom. The lowest BCUT2D eigenvalue weighted by Crippen LogP contribution is -2.08. The van der Waals surface area contributed by atoms with Crippen LogP contribution >= 0.6 is 15.9 Å². The third-order valence-corrected chi connectivity index (χ3v) is 2.80. The Hall–Kier alpha value is -1.30. The Bertz CT molecular complexity index is 446. The molecule has 0 spiro atoms. The van der Waals surface area contributed by atoms with E-state index in [-0.39, 0.29) is 17.9 Å². The summed E-state index contributed by atoms with van der Waals surface area (Å²) in [6.45, 7) is 3.94. The molecule has 5 nitrogen and oxygen atoms in total. The highest BCUT2D eigenvalue weighted by molar-refractivity contribution is 9.10. The molecule has 0 fully saturated rings. The number of rotatable bonds is 5. The quantitative estimate of drug-likeness (QED) is 0.619. The molecule has 1 aromatic heterocycles. The van der Waals surface area contributed by atoms with Gasteiger partial charge >= 0.3 is 0 Å². The molecule has 0 radical (unpaired) electrons. The van der Waals surface area contributed by atoms with Crippen LogP contribution in [0.3, 0.4) is 0 Å². The van der Waals surface area contributed by atoms with Gasteiger partial charge in [0.1, 0.15) is 12.0 Å². The van der Waals surface area contributed by atoms with Gasteiger partial charge in [0.25, 0.3) is 5.69 Å². The molecular formula is C11H13BrN2O3. The summed E-state index contributed by atoms with van der Waals surface area (Å²) in [5.74, 6) is 0.390. The van der Waals surface area contributed by atoms with E-state index in [2.05, 4.69) is 20.9 Å². The van der Waals surface area contributed by atoms with Gasteiger partial charge in [-0.15, -0.1) is 0 Å². The van der Waals surface area contributed by atoms with Gasteiger partial charge in [-0.2, -0.15) is 0 Å². The molecule has 0 unspecified atom stereocenters. The van der Waals surface area contributed by atoms with E-state index in [4.69, 9.17) is 0 Å². The van der Waals surface area contributed by atoms with Crippen molar-refractivity contribution in [1.29, 1.82) is 0 Å². The van der Waals surface area contributed by atoms with E-state index in [1.807, 2.05) is 13.8 Å². The summed E-state index contributed by atoms with van der Waals surface area (Å²) in [6, 6.07) is 1.37. The second kappa shape index (κ2) is 5.86. The average molecular weight is 301 g/mol. The summed E-state index contributed by atoms with van der Waals surface area (Å²) in [5.41, 5.74) is 0.457. The monoisotopic (exact) mass is 300 g/mol. The van der Waals surface area contributed by atoms with Crippen molar-refractivity contribution in [2.45, 2.75) is 26.7 Å². The highest BCUT2D eigenvalue weighted by Crippen LogP contribution is 2.21. The number of ketones is 1. The largest absolute Gasteiger partial charge is 0.299 e. The van der Waals surface area contributed by atoms with E-state index in [9.17, 15) is 14.9 Å². The molecule has 0 atom stereocenters. The minimum absolute atomic E-state index is 0.0852. The van der Waals surface area contributed by atoms with E-state index in [0.717, 1.165) is 0 Å². The van der Waals surface area contributed by atoms with Crippen molar-refractivity contribution >= 4 is 27.4 Å². The summed E-state index contributed by atoms with van der Waals surface area (Å²) >= 11 is 3.19. The first-order chi connectivity index (χ1) is 7.90. The lowest BCUT2D eigenvalue weighted by Gasteiger charge is -2.05. The molecule has 0 saturated carbocycles. The first kappa shape index (κ1) is 13.8. The van der Waals surface area contributed by atoms with Gasteiger partial charge in [0.15, 0.2) is 0 Å². The lowest BCUT2D eigenvalue weighted by molar-refractivity contribution is -0.385. The van der Waals surface area contributed by atoms with E-state index in [1.165, 1.54) is 12.3 Å². The predicted molar refractivity (Wildman–Crippen MR) is 66.8 cm³/mol. The zero-order valence-electron chi connectivity index (χ0n) is 9.64. The number of halogens is 1. The fourth-order valence-corrected chi connectivity index (χ4v) is 1.88. The van der Waals surface area contributed by atoms with Crippen LogP contribution in [-0.4, -0.2) is 15.7 Å². The van der Waals surface area contributed by atoms with Gasteiger partial charge in [0, 0.05) is 23.4 Å². The van der Waals surface area contributed by atoms with Crippen LogP contribution < -0.4 is 0 Å². The predicted octanol–water partition coefficient (Wildman–Crippen LogP) is 2.91. The van der Waals surface area contributed by atoms with Crippen LogP contribution in [0.2, 0.25) is 0 Å². The maximum atomic E-state index is 11.6. The molecule has 0 amide bonds. The first-order valence-corrected chi connectivity index (χ1v) is 6.00. The van der Waals surface area contributed by atoms with Crippen LogP contribution in [0, 0.1) is 16.0 Å². The molecule has 0 aliphatic carbocycles. The summed E-state index contributed by atoms with van der Waals surface area (Å²) in [4.78, 5) is 25.5. The maximum Gasteiger partial charge on any atom is 0.288 e. The van der Waals surface area contributed by atoms with Crippen LogP contribution in [0.1, 0.15) is 26.0 Å². The van der Waals surface area contributed by atoms with Gasteiger partial charge < -0.3 is 0 Å². The van der Waals surface area contributed by atoms with E-state index >= 15 is 0 Å².